The summed E-state index contributed by atoms with van der Waals surface area (Å²) in [6.45, 7) is 6.41. The first-order chi connectivity index (χ1) is 12.1. The molecule has 0 saturated heterocycles. The van der Waals surface area contributed by atoms with Gasteiger partial charge in [0, 0.05) is 41.7 Å². The number of aryl methyl sites for hydroxylation is 1. The van der Waals surface area contributed by atoms with Crippen molar-refractivity contribution in [3.05, 3.63) is 51.5 Å². The predicted molar refractivity (Wildman–Crippen MR) is 106 cm³/mol. The Hall–Kier alpha value is -1.88. The lowest BCUT2D eigenvalue weighted by molar-refractivity contribution is 0.318. The summed E-state index contributed by atoms with van der Waals surface area (Å²) in [6.07, 6.45) is 6.45. The number of fused-ring (bicyclic) bond motifs is 1. The highest BCUT2D eigenvalue weighted by Gasteiger charge is 2.26. The van der Waals surface area contributed by atoms with Gasteiger partial charge in [-0.25, -0.2) is 0 Å². The van der Waals surface area contributed by atoms with E-state index < -0.39 is 0 Å². The molecule has 25 heavy (non-hydrogen) atoms. The highest BCUT2D eigenvalue weighted by Crippen LogP contribution is 2.38. The van der Waals surface area contributed by atoms with Gasteiger partial charge in [-0.05, 0) is 48.4 Å². The number of thiophene rings is 1. The first-order valence-electron chi connectivity index (χ1n) is 9.01. The van der Waals surface area contributed by atoms with E-state index in [2.05, 4.69) is 46.6 Å². The van der Waals surface area contributed by atoms with Gasteiger partial charge in [-0.3, -0.25) is 9.98 Å². The van der Waals surface area contributed by atoms with Gasteiger partial charge >= 0.3 is 0 Å². The molecule has 0 aliphatic heterocycles. The van der Waals surface area contributed by atoms with Crippen LogP contribution in [0.2, 0.25) is 0 Å². The van der Waals surface area contributed by atoms with Gasteiger partial charge < -0.3 is 10.6 Å². The number of rotatable bonds is 5. The summed E-state index contributed by atoms with van der Waals surface area (Å²) in [4.78, 5) is 11.6. The average molecular weight is 357 g/mol. The van der Waals surface area contributed by atoms with Gasteiger partial charge in [0.05, 0.1) is 6.54 Å². The highest BCUT2D eigenvalue weighted by atomic mass is 32.1. The Bertz CT molecular complexity index is 719. The van der Waals surface area contributed by atoms with Crippen molar-refractivity contribution in [1.29, 1.82) is 0 Å². The highest BCUT2D eigenvalue weighted by molar-refractivity contribution is 7.12. The monoisotopic (exact) mass is 356 g/mol. The Balaban J connectivity index is 1.48. The normalized spacial score (nSPS) is 16.4. The van der Waals surface area contributed by atoms with Crippen LogP contribution >= 0.6 is 11.3 Å². The quantitative estimate of drug-likeness (QED) is 0.636. The zero-order valence-corrected chi connectivity index (χ0v) is 16.2. The summed E-state index contributed by atoms with van der Waals surface area (Å²) in [5, 5.41) is 6.80. The summed E-state index contributed by atoms with van der Waals surface area (Å²) >= 11 is 1.95. The molecule has 134 valence electrons. The number of hydrogen-bond donors (Lipinski definition) is 2. The minimum absolute atomic E-state index is 0.446. The van der Waals surface area contributed by atoms with Gasteiger partial charge in [0.1, 0.15) is 0 Å². The van der Waals surface area contributed by atoms with E-state index in [4.69, 9.17) is 0 Å². The van der Waals surface area contributed by atoms with E-state index in [1.165, 1.54) is 24.1 Å². The van der Waals surface area contributed by atoms with Gasteiger partial charge in [-0.2, -0.15) is 0 Å². The topological polar surface area (TPSA) is 49.3 Å². The van der Waals surface area contributed by atoms with Crippen molar-refractivity contribution in [2.24, 2.45) is 10.4 Å². The summed E-state index contributed by atoms with van der Waals surface area (Å²) in [7, 11) is 1.82. The van der Waals surface area contributed by atoms with Crippen LogP contribution in [0.25, 0.3) is 0 Å². The second kappa shape index (κ2) is 8.00. The van der Waals surface area contributed by atoms with Crippen LogP contribution in [0.3, 0.4) is 0 Å². The number of aromatic nitrogens is 1. The maximum Gasteiger partial charge on any atom is 0.191 e. The van der Waals surface area contributed by atoms with Gasteiger partial charge in [-0.15, -0.1) is 11.3 Å². The predicted octanol–water partition coefficient (Wildman–Crippen LogP) is 3.57. The summed E-state index contributed by atoms with van der Waals surface area (Å²) in [5.74, 6) is 0.850. The van der Waals surface area contributed by atoms with Crippen molar-refractivity contribution in [2.75, 3.05) is 13.6 Å². The number of pyridine rings is 1. The molecule has 0 atom stereocenters. The fourth-order valence-electron chi connectivity index (χ4n) is 3.28. The molecule has 0 saturated carbocycles. The van der Waals surface area contributed by atoms with Gasteiger partial charge in [0.15, 0.2) is 5.96 Å². The molecule has 0 radical (unpaired) electrons. The largest absolute Gasteiger partial charge is 0.356 e. The third-order valence-electron chi connectivity index (χ3n) is 4.70. The molecule has 3 rings (SSSR count). The summed E-state index contributed by atoms with van der Waals surface area (Å²) < 4.78 is 0. The molecule has 5 heteroatoms. The van der Waals surface area contributed by atoms with Crippen LogP contribution < -0.4 is 10.6 Å². The lowest BCUT2D eigenvalue weighted by Crippen LogP contribution is -2.37. The number of hydrogen-bond acceptors (Lipinski definition) is 3. The van der Waals surface area contributed by atoms with Crippen LogP contribution in [-0.2, 0) is 25.8 Å². The lowest BCUT2D eigenvalue weighted by atomic mass is 9.77. The van der Waals surface area contributed by atoms with E-state index in [0.29, 0.717) is 5.41 Å². The number of nitrogens with zero attached hydrogens (tertiary/aromatic N) is 2. The molecule has 0 spiro atoms. The number of aliphatic imine (C=N–C) groups is 1. The molecule has 4 nitrogen and oxygen atoms in total. The molecular formula is C20H28N4S. The Morgan fingerprint density at radius 1 is 1.32 bits per heavy atom. The van der Waals surface area contributed by atoms with Gasteiger partial charge in [-0.1, -0.05) is 19.9 Å². The van der Waals surface area contributed by atoms with E-state index in [9.17, 15) is 0 Å². The standard InChI is InChI=1S/C20H28N4S/c1-20(2)9-7-18-15(13-20)12-17(25-18)14-24-19(21-3)23-11-8-16-6-4-5-10-22-16/h4-6,10,12H,7-9,11,13-14H2,1-3H3,(H2,21,23,24). The molecule has 0 fully saturated rings. The SMILES string of the molecule is CN=C(NCCc1ccccn1)NCc1cc2c(s1)CCC(C)(C)C2. The molecule has 0 amide bonds. The van der Waals surface area contributed by atoms with Gasteiger partial charge in [0.25, 0.3) is 0 Å². The van der Waals surface area contributed by atoms with Crippen LogP contribution in [-0.4, -0.2) is 24.5 Å². The molecule has 0 unspecified atom stereocenters. The van der Waals surface area contributed by atoms with E-state index >= 15 is 0 Å². The van der Waals surface area contributed by atoms with E-state index in [-0.39, 0.29) is 0 Å². The molecule has 2 aromatic rings. The Morgan fingerprint density at radius 3 is 2.96 bits per heavy atom. The summed E-state index contributed by atoms with van der Waals surface area (Å²) in [6, 6.07) is 8.40. The van der Waals surface area contributed by atoms with Crippen molar-refractivity contribution in [1.82, 2.24) is 15.6 Å². The van der Waals surface area contributed by atoms with Crippen LogP contribution in [0.1, 0.15) is 41.3 Å². The van der Waals surface area contributed by atoms with Crippen molar-refractivity contribution in [2.45, 2.75) is 46.1 Å². The zero-order chi connectivity index (χ0) is 17.7. The molecule has 0 bridgehead atoms. The Morgan fingerprint density at radius 2 is 2.20 bits per heavy atom. The molecule has 2 heterocycles. The minimum Gasteiger partial charge on any atom is -0.356 e. The lowest BCUT2D eigenvalue weighted by Gasteiger charge is -2.29. The van der Waals surface area contributed by atoms with E-state index in [1.54, 1.807) is 10.4 Å². The maximum atomic E-state index is 4.35. The molecule has 2 N–H and O–H groups in total. The van der Waals surface area contributed by atoms with Crippen molar-refractivity contribution >= 4 is 17.3 Å². The van der Waals surface area contributed by atoms with Gasteiger partial charge in [0.2, 0.25) is 0 Å². The van der Waals surface area contributed by atoms with Crippen molar-refractivity contribution < 1.29 is 0 Å². The first-order valence-corrected chi connectivity index (χ1v) is 9.82. The smallest absolute Gasteiger partial charge is 0.191 e. The van der Waals surface area contributed by atoms with Crippen LogP contribution in [0.4, 0.5) is 0 Å². The minimum atomic E-state index is 0.446. The second-order valence-corrected chi connectivity index (χ2v) is 8.65. The first kappa shape index (κ1) is 17.9. The molecule has 1 aliphatic carbocycles. The third kappa shape index (κ3) is 5.05. The van der Waals surface area contributed by atoms with Crippen LogP contribution in [0.15, 0.2) is 35.5 Å². The Labute approximate surface area is 154 Å². The second-order valence-electron chi connectivity index (χ2n) is 7.43. The molecule has 0 aromatic carbocycles. The molecular weight excluding hydrogens is 328 g/mol. The molecule has 1 aliphatic rings. The maximum absolute atomic E-state index is 4.35. The van der Waals surface area contributed by atoms with E-state index in [1.807, 2.05) is 36.7 Å². The van der Waals surface area contributed by atoms with Crippen molar-refractivity contribution in [3.8, 4) is 0 Å². The third-order valence-corrected chi connectivity index (χ3v) is 5.94. The van der Waals surface area contributed by atoms with Crippen LogP contribution in [0.5, 0.6) is 0 Å². The zero-order valence-electron chi connectivity index (χ0n) is 15.4. The number of guanidine groups is 1. The van der Waals surface area contributed by atoms with Crippen molar-refractivity contribution in [3.63, 3.8) is 0 Å². The average Bonchev–Trinajstić information content (AvgIpc) is 2.99. The summed E-state index contributed by atoms with van der Waals surface area (Å²) in [5.41, 5.74) is 3.09. The van der Waals surface area contributed by atoms with Crippen LogP contribution in [0, 0.1) is 5.41 Å². The number of nitrogens with one attached hydrogen (secondary N) is 2. The fourth-order valence-corrected chi connectivity index (χ4v) is 4.41. The fraction of sp³-hybridized carbons (Fsp3) is 0.500. The van der Waals surface area contributed by atoms with E-state index in [0.717, 1.165) is 31.2 Å². The Kier molecular flexibility index (Phi) is 5.74. The molecule has 2 aromatic heterocycles.